The summed E-state index contributed by atoms with van der Waals surface area (Å²) in [6.07, 6.45) is 4.85. The van der Waals surface area contributed by atoms with Crippen LogP contribution >= 0.6 is 0 Å². The Morgan fingerprint density at radius 1 is 0.938 bits per heavy atom. The Morgan fingerprint density at radius 3 is 2.03 bits per heavy atom. The van der Waals surface area contributed by atoms with Crippen molar-refractivity contribution in [2.75, 3.05) is 39.3 Å². The molecule has 2 saturated heterocycles. The first-order valence-corrected chi connectivity index (χ1v) is 12.1. The molecule has 1 aromatic carbocycles. The van der Waals surface area contributed by atoms with E-state index in [1.165, 1.54) is 24.3 Å². The molecule has 0 bridgehead atoms. The van der Waals surface area contributed by atoms with Crippen molar-refractivity contribution in [2.24, 2.45) is 0 Å². The molecule has 170 valence electrons. The predicted molar refractivity (Wildman–Crippen MR) is 117 cm³/mol. The number of ether oxygens (including phenoxy) is 1. The average Bonchev–Trinajstić information content (AvgIpc) is 3.37. The molecular formula is C22H26N4O5S. The number of carbonyl (C=O) groups is 2. The van der Waals surface area contributed by atoms with Gasteiger partial charge in [-0.2, -0.15) is 0 Å². The zero-order chi connectivity index (χ0) is 22.6. The number of nitrogens with one attached hydrogen (secondary N) is 1. The van der Waals surface area contributed by atoms with Crippen molar-refractivity contribution in [3.8, 4) is 0 Å². The molecule has 0 spiro atoms. The lowest BCUT2D eigenvalue weighted by atomic mass is 10.1. The molecule has 0 radical (unpaired) electrons. The molecule has 9 nitrogen and oxygen atoms in total. The van der Waals surface area contributed by atoms with Crippen LogP contribution in [0.4, 0.5) is 0 Å². The molecule has 10 heteroatoms. The quantitative estimate of drug-likeness (QED) is 0.695. The Bertz CT molecular complexity index is 1050. The van der Waals surface area contributed by atoms with Crippen molar-refractivity contribution in [3.05, 3.63) is 59.9 Å². The SMILES string of the molecule is O=C(c1ccncc1)N1CCN(C(=O)c2ccc(S(=O)(=O)NCC3CCCO3)cc2)CC1. The summed E-state index contributed by atoms with van der Waals surface area (Å²) >= 11 is 0. The fourth-order valence-corrected chi connectivity index (χ4v) is 4.91. The van der Waals surface area contributed by atoms with E-state index in [2.05, 4.69) is 9.71 Å². The Morgan fingerprint density at radius 2 is 1.50 bits per heavy atom. The lowest BCUT2D eigenvalue weighted by molar-refractivity contribution is 0.0535. The van der Waals surface area contributed by atoms with E-state index in [0.717, 1.165) is 12.8 Å². The fourth-order valence-electron chi connectivity index (χ4n) is 3.84. The summed E-state index contributed by atoms with van der Waals surface area (Å²) in [5.41, 5.74) is 0.988. The molecule has 1 aromatic heterocycles. The third-order valence-electron chi connectivity index (χ3n) is 5.72. The minimum atomic E-state index is -3.66. The summed E-state index contributed by atoms with van der Waals surface area (Å²) < 4.78 is 33.0. The molecule has 2 aromatic rings. The lowest BCUT2D eigenvalue weighted by Gasteiger charge is -2.34. The van der Waals surface area contributed by atoms with Crippen LogP contribution in [0.2, 0.25) is 0 Å². The first-order valence-electron chi connectivity index (χ1n) is 10.6. The molecule has 1 N–H and O–H groups in total. The Balaban J connectivity index is 1.32. The first kappa shape index (κ1) is 22.4. The highest BCUT2D eigenvalue weighted by atomic mass is 32.2. The van der Waals surface area contributed by atoms with E-state index < -0.39 is 10.0 Å². The largest absolute Gasteiger partial charge is 0.377 e. The number of hydrogen-bond donors (Lipinski definition) is 1. The maximum absolute atomic E-state index is 12.8. The summed E-state index contributed by atoms with van der Waals surface area (Å²) in [7, 11) is -3.66. The number of benzene rings is 1. The van der Waals surface area contributed by atoms with Crippen LogP contribution in [0.5, 0.6) is 0 Å². The van der Waals surface area contributed by atoms with Crippen molar-refractivity contribution in [1.29, 1.82) is 0 Å². The highest BCUT2D eigenvalue weighted by molar-refractivity contribution is 7.89. The standard InChI is InChI=1S/C22H26N4O5S/c27-21(25-11-13-26(14-12-25)22(28)18-7-9-23-10-8-18)17-3-5-20(6-4-17)32(29,30)24-16-19-2-1-15-31-19/h3-10,19,24H,1-2,11-16H2. The number of sulfonamides is 1. The molecule has 32 heavy (non-hydrogen) atoms. The van der Waals surface area contributed by atoms with E-state index in [9.17, 15) is 18.0 Å². The van der Waals surface area contributed by atoms with Gasteiger partial charge < -0.3 is 14.5 Å². The number of hydrogen-bond acceptors (Lipinski definition) is 6. The van der Waals surface area contributed by atoms with Crippen molar-refractivity contribution in [3.63, 3.8) is 0 Å². The Kier molecular flexibility index (Phi) is 6.83. The third kappa shape index (κ3) is 5.14. The molecule has 1 unspecified atom stereocenters. The number of carbonyl (C=O) groups excluding carboxylic acids is 2. The normalized spacial score (nSPS) is 19.2. The van der Waals surface area contributed by atoms with Crippen LogP contribution in [0.25, 0.3) is 0 Å². The second kappa shape index (κ2) is 9.76. The van der Waals surface area contributed by atoms with Crippen molar-refractivity contribution >= 4 is 21.8 Å². The van der Waals surface area contributed by atoms with E-state index in [0.29, 0.717) is 43.9 Å². The molecule has 2 fully saturated rings. The minimum Gasteiger partial charge on any atom is -0.377 e. The van der Waals surface area contributed by atoms with Crippen LogP contribution in [-0.2, 0) is 14.8 Å². The zero-order valence-electron chi connectivity index (χ0n) is 17.6. The van der Waals surface area contributed by atoms with Gasteiger partial charge >= 0.3 is 0 Å². The van der Waals surface area contributed by atoms with Gasteiger partial charge in [-0.15, -0.1) is 0 Å². The smallest absolute Gasteiger partial charge is 0.254 e. The molecule has 2 aliphatic heterocycles. The van der Waals surface area contributed by atoms with Crippen LogP contribution in [0.1, 0.15) is 33.6 Å². The maximum atomic E-state index is 12.8. The number of pyridine rings is 1. The van der Waals surface area contributed by atoms with Gasteiger partial charge in [-0.25, -0.2) is 13.1 Å². The third-order valence-corrected chi connectivity index (χ3v) is 7.16. The van der Waals surface area contributed by atoms with Gasteiger partial charge in [-0.3, -0.25) is 14.6 Å². The van der Waals surface area contributed by atoms with E-state index in [4.69, 9.17) is 4.74 Å². The molecule has 3 heterocycles. The second-order valence-corrected chi connectivity index (χ2v) is 9.60. The summed E-state index contributed by atoms with van der Waals surface area (Å²) in [6, 6.07) is 9.27. The van der Waals surface area contributed by atoms with E-state index in [1.807, 2.05) is 0 Å². The van der Waals surface area contributed by atoms with Gasteiger partial charge in [-0.05, 0) is 49.2 Å². The van der Waals surface area contributed by atoms with E-state index in [1.54, 1.807) is 34.3 Å². The first-order chi connectivity index (χ1) is 15.4. The van der Waals surface area contributed by atoms with Crippen molar-refractivity contribution < 1.29 is 22.7 Å². The summed E-state index contributed by atoms with van der Waals surface area (Å²) in [4.78, 5) is 32.8. The molecule has 0 saturated carbocycles. The van der Waals surface area contributed by atoms with E-state index >= 15 is 0 Å². The maximum Gasteiger partial charge on any atom is 0.254 e. The van der Waals surface area contributed by atoms with Gasteiger partial charge in [0.1, 0.15) is 0 Å². The molecule has 1 atom stereocenters. The molecule has 0 aliphatic carbocycles. The minimum absolute atomic E-state index is 0.0791. The highest BCUT2D eigenvalue weighted by Crippen LogP contribution is 2.16. The fraction of sp³-hybridized carbons (Fsp3) is 0.409. The summed E-state index contributed by atoms with van der Waals surface area (Å²) in [5.74, 6) is -0.262. The van der Waals surface area contributed by atoms with Gasteiger partial charge in [0.05, 0.1) is 11.0 Å². The van der Waals surface area contributed by atoms with Gasteiger partial charge in [-0.1, -0.05) is 0 Å². The van der Waals surface area contributed by atoms with Crippen molar-refractivity contribution in [2.45, 2.75) is 23.8 Å². The van der Waals surface area contributed by atoms with Gasteiger partial charge in [0.25, 0.3) is 11.8 Å². The average molecular weight is 459 g/mol. The molecule has 2 amide bonds. The van der Waals surface area contributed by atoms with Crippen LogP contribution in [-0.4, -0.2) is 80.5 Å². The highest BCUT2D eigenvalue weighted by Gasteiger charge is 2.26. The monoisotopic (exact) mass is 458 g/mol. The molecule has 2 aliphatic rings. The van der Waals surface area contributed by atoms with Gasteiger partial charge in [0.2, 0.25) is 10.0 Å². The number of rotatable bonds is 6. The Labute approximate surface area is 187 Å². The van der Waals surface area contributed by atoms with Crippen LogP contribution in [0.3, 0.4) is 0 Å². The van der Waals surface area contributed by atoms with Gasteiger partial charge in [0, 0.05) is 62.9 Å². The van der Waals surface area contributed by atoms with Crippen LogP contribution < -0.4 is 4.72 Å². The number of piperazine rings is 1. The number of nitrogens with zero attached hydrogens (tertiary/aromatic N) is 3. The number of aromatic nitrogens is 1. The zero-order valence-corrected chi connectivity index (χ0v) is 18.5. The molecule has 4 rings (SSSR count). The van der Waals surface area contributed by atoms with Gasteiger partial charge in [0.15, 0.2) is 0 Å². The second-order valence-electron chi connectivity index (χ2n) is 7.83. The Hall–Kier alpha value is -2.82. The summed E-state index contributed by atoms with van der Waals surface area (Å²) in [6.45, 7) is 2.61. The van der Waals surface area contributed by atoms with Crippen LogP contribution in [0, 0.1) is 0 Å². The lowest BCUT2D eigenvalue weighted by Crippen LogP contribution is -2.50. The topological polar surface area (TPSA) is 109 Å². The number of amides is 2. The van der Waals surface area contributed by atoms with Crippen LogP contribution in [0.15, 0.2) is 53.7 Å². The molecular weight excluding hydrogens is 432 g/mol. The predicted octanol–water partition coefficient (Wildman–Crippen LogP) is 1.14. The van der Waals surface area contributed by atoms with E-state index in [-0.39, 0.29) is 29.4 Å². The summed E-state index contributed by atoms with van der Waals surface area (Å²) in [5, 5.41) is 0. The van der Waals surface area contributed by atoms with Crippen molar-refractivity contribution in [1.82, 2.24) is 19.5 Å².